The molecule has 0 aromatic heterocycles. The summed E-state index contributed by atoms with van der Waals surface area (Å²) in [6.07, 6.45) is 1.44. The average Bonchev–Trinajstić information content (AvgIpc) is 2.44. The van der Waals surface area contributed by atoms with Gasteiger partial charge in [0.1, 0.15) is 5.75 Å². The van der Waals surface area contributed by atoms with Gasteiger partial charge in [0.05, 0.1) is 30.2 Å². The number of morpholine rings is 1. The molecular weight excluding hydrogens is 262 g/mol. The molecule has 1 aromatic rings. The molecule has 0 unspecified atom stereocenters. The molecule has 1 aromatic carbocycles. The molecular formula is C13H17N3O4. The van der Waals surface area contributed by atoms with E-state index >= 15 is 0 Å². The Morgan fingerprint density at radius 1 is 1.45 bits per heavy atom. The number of aromatic hydroxyl groups is 1. The molecule has 0 atom stereocenters. The zero-order valence-electron chi connectivity index (χ0n) is 11.1. The van der Waals surface area contributed by atoms with Crippen LogP contribution in [0.2, 0.25) is 0 Å². The second kappa shape index (κ2) is 6.97. The van der Waals surface area contributed by atoms with Crippen molar-refractivity contribution in [1.29, 1.82) is 0 Å². The van der Waals surface area contributed by atoms with Crippen LogP contribution in [-0.2, 0) is 4.74 Å². The van der Waals surface area contributed by atoms with Crippen LogP contribution in [0.25, 0.3) is 0 Å². The Morgan fingerprint density at radius 2 is 2.20 bits per heavy atom. The lowest BCUT2D eigenvalue weighted by Gasteiger charge is -2.25. The fourth-order valence-corrected chi connectivity index (χ4v) is 2.00. The summed E-state index contributed by atoms with van der Waals surface area (Å²) < 4.78 is 5.25. The summed E-state index contributed by atoms with van der Waals surface area (Å²) in [6.45, 7) is 4.62. The quantitative estimate of drug-likeness (QED) is 0.494. The predicted octanol–water partition coefficient (Wildman–Crippen LogP) is 1.05. The molecule has 2 rings (SSSR count). The monoisotopic (exact) mass is 279 g/mol. The van der Waals surface area contributed by atoms with E-state index in [0.29, 0.717) is 12.1 Å². The first-order valence-corrected chi connectivity index (χ1v) is 6.44. The zero-order valence-corrected chi connectivity index (χ0v) is 11.1. The first-order valence-electron chi connectivity index (χ1n) is 6.44. The maximum absolute atomic E-state index is 10.9. The highest BCUT2D eigenvalue weighted by atomic mass is 16.6. The third-order valence-corrected chi connectivity index (χ3v) is 3.09. The molecule has 7 heteroatoms. The highest BCUT2D eigenvalue weighted by molar-refractivity contribution is 5.85. The molecule has 0 amide bonds. The molecule has 0 aliphatic carbocycles. The van der Waals surface area contributed by atoms with Crippen molar-refractivity contribution in [3.8, 4) is 5.75 Å². The highest BCUT2D eigenvalue weighted by Gasteiger charge is 2.12. The van der Waals surface area contributed by atoms with Crippen molar-refractivity contribution in [2.24, 2.45) is 4.99 Å². The van der Waals surface area contributed by atoms with Gasteiger partial charge < -0.3 is 9.84 Å². The lowest BCUT2D eigenvalue weighted by Crippen LogP contribution is -2.37. The van der Waals surface area contributed by atoms with E-state index in [1.807, 2.05) is 0 Å². The van der Waals surface area contributed by atoms with E-state index in [4.69, 9.17) is 4.74 Å². The molecule has 20 heavy (non-hydrogen) atoms. The summed E-state index contributed by atoms with van der Waals surface area (Å²) in [4.78, 5) is 16.8. The number of phenols is 1. The molecule has 1 aliphatic heterocycles. The third-order valence-electron chi connectivity index (χ3n) is 3.09. The maximum atomic E-state index is 10.9. The number of nitro groups is 1. The fourth-order valence-electron chi connectivity index (χ4n) is 2.00. The largest absolute Gasteiger partial charge is 0.508 e. The van der Waals surface area contributed by atoms with E-state index in [0.717, 1.165) is 32.8 Å². The van der Waals surface area contributed by atoms with Gasteiger partial charge in [-0.3, -0.25) is 20.0 Å². The number of benzene rings is 1. The van der Waals surface area contributed by atoms with Crippen LogP contribution >= 0.6 is 0 Å². The summed E-state index contributed by atoms with van der Waals surface area (Å²) in [7, 11) is 0. The smallest absolute Gasteiger partial charge is 0.278 e. The first-order chi connectivity index (χ1) is 9.66. The Balaban J connectivity index is 1.93. The van der Waals surface area contributed by atoms with Gasteiger partial charge in [-0.15, -0.1) is 0 Å². The molecule has 1 fully saturated rings. The van der Waals surface area contributed by atoms with Gasteiger partial charge in [0.2, 0.25) is 0 Å². The van der Waals surface area contributed by atoms with E-state index in [-0.39, 0.29) is 11.4 Å². The molecule has 1 saturated heterocycles. The van der Waals surface area contributed by atoms with Gasteiger partial charge >= 0.3 is 0 Å². The van der Waals surface area contributed by atoms with Crippen molar-refractivity contribution in [3.05, 3.63) is 33.9 Å². The van der Waals surface area contributed by atoms with Crippen molar-refractivity contribution in [2.75, 3.05) is 39.4 Å². The highest BCUT2D eigenvalue weighted by Crippen LogP contribution is 2.21. The van der Waals surface area contributed by atoms with Gasteiger partial charge in [-0.2, -0.15) is 0 Å². The average molecular weight is 279 g/mol. The van der Waals surface area contributed by atoms with E-state index in [2.05, 4.69) is 9.89 Å². The standard InChI is InChI=1S/C13H17N3O4/c17-12-1-2-13(16(18)19)11(9-12)10-14-3-4-15-5-7-20-8-6-15/h1-2,9-10,17H,3-8H2. The van der Waals surface area contributed by atoms with Gasteiger partial charge in [0.25, 0.3) is 5.69 Å². The Morgan fingerprint density at radius 3 is 2.90 bits per heavy atom. The van der Waals surface area contributed by atoms with Crippen LogP contribution in [-0.4, -0.2) is 60.5 Å². The maximum Gasteiger partial charge on any atom is 0.278 e. The van der Waals surface area contributed by atoms with Crippen LogP contribution in [0, 0.1) is 10.1 Å². The normalized spacial score (nSPS) is 16.6. The number of phenolic OH excluding ortho intramolecular Hbond substituents is 1. The Bertz CT molecular complexity index is 498. The van der Waals surface area contributed by atoms with Gasteiger partial charge in [-0.25, -0.2) is 0 Å². The Hall–Kier alpha value is -1.99. The van der Waals surface area contributed by atoms with Crippen LogP contribution in [0.3, 0.4) is 0 Å². The number of hydrogen-bond acceptors (Lipinski definition) is 6. The topological polar surface area (TPSA) is 88.2 Å². The summed E-state index contributed by atoms with van der Waals surface area (Å²) in [6, 6.07) is 3.91. The number of nitro benzene ring substituents is 1. The summed E-state index contributed by atoms with van der Waals surface area (Å²) in [5, 5.41) is 20.2. The Kier molecular flexibility index (Phi) is 5.03. The minimum absolute atomic E-state index is 0.00905. The first kappa shape index (κ1) is 14.4. The molecule has 108 valence electrons. The lowest BCUT2D eigenvalue weighted by atomic mass is 10.2. The minimum atomic E-state index is -0.483. The number of hydrogen-bond donors (Lipinski definition) is 1. The predicted molar refractivity (Wildman–Crippen MR) is 74.5 cm³/mol. The van der Waals surface area contributed by atoms with Gasteiger partial charge in [-0.1, -0.05) is 0 Å². The molecule has 0 saturated carbocycles. The molecule has 7 nitrogen and oxygen atoms in total. The molecule has 1 aliphatic rings. The summed E-state index contributed by atoms with van der Waals surface area (Å²) in [5.74, 6) is -0.00905. The van der Waals surface area contributed by atoms with Crippen molar-refractivity contribution in [3.63, 3.8) is 0 Å². The molecule has 1 N–H and O–H groups in total. The van der Waals surface area contributed by atoms with Gasteiger partial charge in [0.15, 0.2) is 0 Å². The number of aliphatic imine (C=N–C) groups is 1. The van der Waals surface area contributed by atoms with Crippen molar-refractivity contribution in [1.82, 2.24) is 4.90 Å². The van der Waals surface area contributed by atoms with Crippen LogP contribution in [0.1, 0.15) is 5.56 Å². The Labute approximate surface area is 116 Å². The molecule has 1 heterocycles. The van der Waals surface area contributed by atoms with Crippen LogP contribution in [0.4, 0.5) is 5.69 Å². The van der Waals surface area contributed by atoms with E-state index in [1.54, 1.807) is 0 Å². The van der Waals surface area contributed by atoms with E-state index < -0.39 is 4.92 Å². The zero-order chi connectivity index (χ0) is 14.4. The number of rotatable bonds is 5. The fraction of sp³-hybridized carbons (Fsp3) is 0.462. The van der Waals surface area contributed by atoms with Crippen LogP contribution in [0.15, 0.2) is 23.2 Å². The molecule has 0 bridgehead atoms. The second-order valence-electron chi connectivity index (χ2n) is 4.49. The van der Waals surface area contributed by atoms with Gasteiger partial charge in [0, 0.05) is 31.9 Å². The third kappa shape index (κ3) is 4.01. The second-order valence-corrected chi connectivity index (χ2v) is 4.49. The van der Waals surface area contributed by atoms with Crippen molar-refractivity contribution in [2.45, 2.75) is 0 Å². The van der Waals surface area contributed by atoms with Crippen LogP contribution in [0.5, 0.6) is 5.75 Å². The van der Waals surface area contributed by atoms with Crippen molar-refractivity contribution < 1.29 is 14.8 Å². The van der Waals surface area contributed by atoms with Gasteiger partial charge in [-0.05, 0) is 12.1 Å². The summed E-state index contributed by atoms with van der Waals surface area (Å²) >= 11 is 0. The number of nitrogens with zero attached hydrogens (tertiary/aromatic N) is 3. The summed E-state index contributed by atoms with van der Waals surface area (Å²) in [5.41, 5.74) is 0.259. The SMILES string of the molecule is O=[N+]([O-])c1ccc(O)cc1C=NCCN1CCOCC1. The lowest BCUT2D eigenvalue weighted by molar-refractivity contribution is -0.385. The van der Waals surface area contributed by atoms with E-state index in [1.165, 1.54) is 24.4 Å². The van der Waals surface area contributed by atoms with Crippen molar-refractivity contribution >= 4 is 11.9 Å². The molecule has 0 radical (unpaired) electrons. The molecule has 0 spiro atoms. The minimum Gasteiger partial charge on any atom is -0.508 e. The van der Waals surface area contributed by atoms with Crippen LogP contribution < -0.4 is 0 Å². The number of ether oxygens (including phenoxy) is 1. The van der Waals surface area contributed by atoms with E-state index in [9.17, 15) is 15.2 Å².